The molecular weight excluding hydrogens is 222 g/mol. The summed E-state index contributed by atoms with van der Waals surface area (Å²) in [5, 5.41) is 0. The number of nitrogens with zero attached hydrogens (tertiary/aromatic N) is 2. The molecule has 0 aliphatic carbocycles. The number of aromatic nitrogens is 2. The Labute approximate surface area is 96.0 Å². The molecule has 2 rings (SSSR count). The first-order valence-electron chi connectivity index (χ1n) is 4.76. The van der Waals surface area contributed by atoms with Crippen LogP contribution in [0.25, 0.3) is 0 Å². The van der Waals surface area contributed by atoms with Gasteiger partial charge in [-0.3, -0.25) is 4.21 Å². The maximum atomic E-state index is 12.0. The lowest BCUT2D eigenvalue weighted by Gasteiger charge is -2.04. The van der Waals surface area contributed by atoms with Crippen molar-refractivity contribution >= 4 is 16.5 Å². The summed E-state index contributed by atoms with van der Waals surface area (Å²) in [7, 11) is -1.20. The zero-order chi connectivity index (χ0) is 11.4. The third-order valence-corrected chi connectivity index (χ3v) is 3.43. The highest BCUT2D eigenvalue weighted by Gasteiger charge is 2.09. The summed E-state index contributed by atoms with van der Waals surface area (Å²) in [5.41, 5.74) is 6.28. The molecule has 0 saturated heterocycles. The van der Waals surface area contributed by atoms with Crippen LogP contribution in [0.15, 0.2) is 47.6 Å². The SMILES string of the molecule is Nc1ccccc1S(=O)Cc1ncccn1. The van der Waals surface area contributed by atoms with Crippen LogP contribution in [0.5, 0.6) is 0 Å². The average Bonchev–Trinajstić information content (AvgIpc) is 2.31. The van der Waals surface area contributed by atoms with E-state index in [0.717, 1.165) is 0 Å². The van der Waals surface area contributed by atoms with E-state index >= 15 is 0 Å². The molecule has 0 radical (unpaired) electrons. The van der Waals surface area contributed by atoms with Crippen molar-refractivity contribution in [3.63, 3.8) is 0 Å². The van der Waals surface area contributed by atoms with Gasteiger partial charge in [0, 0.05) is 18.1 Å². The van der Waals surface area contributed by atoms with E-state index in [1.54, 1.807) is 30.6 Å². The minimum atomic E-state index is -1.20. The standard InChI is InChI=1S/C11H11N3OS/c12-9-4-1-2-5-10(9)16(15)8-11-13-6-3-7-14-11/h1-7H,8,12H2. The summed E-state index contributed by atoms with van der Waals surface area (Å²) in [5.74, 6) is 0.846. The third kappa shape index (κ3) is 2.43. The maximum Gasteiger partial charge on any atom is 0.141 e. The Bertz CT molecular complexity index is 502. The van der Waals surface area contributed by atoms with E-state index in [2.05, 4.69) is 9.97 Å². The molecule has 2 N–H and O–H groups in total. The first kappa shape index (κ1) is 10.8. The van der Waals surface area contributed by atoms with E-state index in [1.807, 2.05) is 12.1 Å². The molecule has 0 spiro atoms. The number of hydrogen-bond acceptors (Lipinski definition) is 4. The second-order valence-corrected chi connectivity index (χ2v) is 4.61. The molecule has 1 aromatic heterocycles. The molecule has 4 nitrogen and oxygen atoms in total. The largest absolute Gasteiger partial charge is 0.398 e. The minimum Gasteiger partial charge on any atom is -0.398 e. The first-order valence-corrected chi connectivity index (χ1v) is 6.08. The number of nitrogen functional groups attached to an aromatic ring is 1. The van der Waals surface area contributed by atoms with Gasteiger partial charge in [-0.2, -0.15) is 0 Å². The van der Waals surface area contributed by atoms with Gasteiger partial charge in [0.2, 0.25) is 0 Å². The molecule has 1 unspecified atom stereocenters. The van der Waals surface area contributed by atoms with Crippen molar-refractivity contribution in [3.8, 4) is 0 Å². The average molecular weight is 233 g/mol. The van der Waals surface area contributed by atoms with Crippen molar-refractivity contribution in [1.29, 1.82) is 0 Å². The molecule has 0 fully saturated rings. The van der Waals surface area contributed by atoms with Crippen LogP contribution < -0.4 is 5.73 Å². The summed E-state index contributed by atoms with van der Waals surface area (Å²) < 4.78 is 12.0. The zero-order valence-electron chi connectivity index (χ0n) is 8.54. The molecule has 0 aliphatic rings. The van der Waals surface area contributed by atoms with Gasteiger partial charge in [0.25, 0.3) is 0 Å². The van der Waals surface area contributed by atoms with Crippen LogP contribution in [-0.4, -0.2) is 14.2 Å². The van der Waals surface area contributed by atoms with E-state index < -0.39 is 10.8 Å². The highest BCUT2D eigenvalue weighted by atomic mass is 32.2. The van der Waals surface area contributed by atoms with Crippen molar-refractivity contribution in [2.24, 2.45) is 0 Å². The van der Waals surface area contributed by atoms with Crippen LogP contribution in [0, 0.1) is 0 Å². The van der Waals surface area contributed by atoms with Gasteiger partial charge in [-0.05, 0) is 18.2 Å². The van der Waals surface area contributed by atoms with E-state index in [4.69, 9.17) is 5.73 Å². The van der Waals surface area contributed by atoms with Crippen LogP contribution in [0.3, 0.4) is 0 Å². The third-order valence-electron chi connectivity index (χ3n) is 2.04. The van der Waals surface area contributed by atoms with Crippen LogP contribution in [0.1, 0.15) is 5.82 Å². The number of rotatable bonds is 3. The van der Waals surface area contributed by atoms with Crippen molar-refractivity contribution in [2.75, 3.05) is 5.73 Å². The summed E-state index contributed by atoms with van der Waals surface area (Å²) in [6.07, 6.45) is 3.27. The predicted octanol–water partition coefficient (Wildman–Crippen LogP) is 1.37. The van der Waals surface area contributed by atoms with Gasteiger partial charge in [-0.15, -0.1) is 0 Å². The topological polar surface area (TPSA) is 68.9 Å². The van der Waals surface area contributed by atoms with E-state index in [0.29, 0.717) is 16.4 Å². The highest BCUT2D eigenvalue weighted by molar-refractivity contribution is 7.84. The van der Waals surface area contributed by atoms with Crippen molar-refractivity contribution in [2.45, 2.75) is 10.6 Å². The quantitative estimate of drug-likeness (QED) is 0.813. The zero-order valence-corrected chi connectivity index (χ0v) is 9.35. The Morgan fingerprint density at radius 1 is 1.12 bits per heavy atom. The minimum absolute atomic E-state index is 0.287. The molecule has 5 heteroatoms. The molecular formula is C11H11N3OS. The van der Waals surface area contributed by atoms with Gasteiger partial charge in [0.1, 0.15) is 5.82 Å². The molecule has 2 aromatic rings. The lowest BCUT2D eigenvalue weighted by atomic mass is 10.3. The molecule has 0 saturated carbocycles. The lowest BCUT2D eigenvalue weighted by Crippen LogP contribution is -2.03. The van der Waals surface area contributed by atoms with Gasteiger partial charge >= 0.3 is 0 Å². The predicted molar refractivity (Wildman–Crippen MR) is 63.0 cm³/mol. The number of nitrogens with two attached hydrogens (primary N) is 1. The molecule has 82 valence electrons. The normalized spacial score (nSPS) is 12.2. The van der Waals surface area contributed by atoms with Gasteiger partial charge < -0.3 is 5.73 Å². The second kappa shape index (κ2) is 4.85. The van der Waals surface area contributed by atoms with Crippen LogP contribution in [0.2, 0.25) is 0 Å². The Balaban J connectivity index is 2.19. The molecule has 1 atom stereocenters. The van der Waals surface area contributed by atoms with E-state index in [-0.39, 0.29) is 5.75 Å². The first-order chi connectivity index (χ1) is 7.77. The number of anilines is 1. The fraction of sp³-hybridized carbons (Fsp3) is 0.0909. The van der Waals surface area contributed by atoms with Crippen LogP contribution in [-0.2, 0) is 16.6 Å². The van der Waals surface area contributed by atoms with Crippen LogP contribution >= 0.6 is 0 Å². The smallest absolute Gasteiger partial charge is 0.141 e. The van der Waals surface area contributed by atoms with Gasteiger partial charge in [-0.25, -0.2) is 9.97 Å². The monoisotopic (exact) mass is 233 g/mol. The van der Waals surface area contributed by atoms with E-state index in [9.17, 15) is 4.21 Å². The van der Waals surface area contributed by atoms with E-state index in [1.165, 1.54) is 0 Å². The lowest BCUT2D eigenvalue weighted by molar-refractivity contribution is 0.681. The Hall–Kier alpha value is -1.75. The second-order valence-electron chi connectivity index (χ2n) is 3.19. The van der Waals surface area contributed by atoms with Crippen LogP contribution in [0.4, 0.5) is 5.69 Å². The fourth-order valence-electron chi connectivity index (χ4n) is 1.29. The Morgan fingerprint density at radius 3 is 2.50 bits per heavy atom. The molecule has 1 heterocycles. The highest BCUT2D eigenvalue weighted by Crippen LogP contribution is 2.17. The molecule has 0 amide bonds. The number of para-hydroxylation sites is 1. The fourth-order valence-corrected chi connectivity index (χ4v) is 2.39. The molecule has 1 aromatic carbocycles. The van der Waals surface area contributed by atoms with Gasteiger partial charge in [0.15, 0.2) is 0 Å². The van der Waals surface area contributed by atoms with Gasteiger partial charge in [-0.1, -0.05) is 12.1 Å². The molecule has 0 bridgehead atoms. The Morgan fingerprint density at radius 2 is 1.81 bits per heavy atom. The molecule has 16 heavy (non-hydrogen) atoms. The Kier molecular flexibility index (Phi) is 3.26. The van der Waals surface area contributed by atoms with Crippen molar-refractivity contribution < 1.29 is 4.21 Å². The summed E-state index contributed by atoms with van der Waals surface area (Å²) in [4.78, 5) is 8.69. The summed E-state index contributed by atoms with van der Waals surface area (Å²) >= 11 is 0. The number of hydrogen-bond donors (Lipinski definition) is 1. The van der Waals surface area contributed by atoms with Crippen molar-refractivity contribution in [3.05, 3.63) is 48.5 Å². The van der Waals surface area contributed by atoms with Gasteiger partial charge in [0.05, 0.1) is 21.4 Å². The number of benzene rings is 1. The summed E-state index contributed by atoms with van der Waals surface area (Å²) in [6.45, 7) is 0. The van der Waals surface area contributed by atoms with Crippen molar-refractivity contribution in [1.82, 2.24) is 9.97 Å². The summed E-state index contributed by atoms with van der Waals surface area (Å²) in [6, 6.07) is 8.85. The maximum absolute atomic E-state index is 12.0. The molecule has 0 aliphatic heterocycles.